The minimum absolute atomic E-state index is 0.108. The SMILES string of the molecule is Cc1nccn1-c1ccc([C@@H](C)NC(=O)/C=C\c2ccc(OCc3cccnc3)cc2)cc1. The molecule has 0 bridgehead atoms. The van der Waals surface area contributed by atoms with E-state index in [1.165, 1.54) is 0 Å². The van der Waals surface area contributed by atoms with E-state index in [-0.39, 0.29) is 11.9 Å². The van der Waals surface area contributed by atoms with Crippen LogP contribution in [0.3, 0.4) is 0 Å². The highest BCUT2D eigenvalue weighted by Crippen LogP contribution is 2.18. The number of carbonyl (C=O) groups is 1. The van der Waals surface area contributed by atoms with E-state index in [1.807, 2.05) is 85.3 Å². The smallest absolute Gasteiger partial charge is 0.244 e. The maximum atomic E-state index is 12.4. The Morgan fingerprint density at radius 1 is 1.09 bits per heavy atom. The first-order valence-corrected chi connectivity index (χ1v) is 10.8. The molecule has 4 rings (SSSR count). The highest BCUT2D eigenvalue weighted by Gasteiger charge is 2.08. The third-order valence-electron chi connectivity index (χ3n) is 5.29. The van der Waals surface area contributed by atoms with Gasteiger partial charge in [-0.3, -0.25) is 9.78 Å². The zero-order chi connectivity index (χ0) is 23.0. The maximum absolute atomic E-state index is 12.4. The van der Waals surface area contributed by atoms with Crippen molar-refractivity contribution in [3.63, 3.8) is 0 Å². The van der Waals surface area contributed by atoms with E-state index < -0.39 is 0 Å². The second-order valence-corrected chi connectivity index (χ2v) is 7.72. The Kier molecular flexibility index (Phi) is 6.95. The molecule has 1 atom stereocenters. The number of amides is 1. The molecule has 1 amide bonds. The van der Waals surface area contributed by atoms with E-state index in [0.717, 1.165) is 34.0 Å². The summed E-state index contributed by atoms with van der Waals surface area (Å²) in [5.41, 5.74) is 4.01. The predicted octanol–water partition coefficient (Wildman–Crippen LogP) is 5.05. The van der Waals surface area contributed by atoms with Crippen molar-refractivity contribution >= 4 is 12.0 Å². The molecule has 4 aromatic rings. The van der Waals surface area contributed by atoms with Crippen LogP contribution in [0, 0.1) is 6.92 Å². The molecule has 2 aromatic carbocycles. The summed E-state index contributed by atoms with van der Waals surface area (Å²) >= 11 is 0. The second-order valence-electron chi connectivity index (χ2n) is 7.72. The molecule has 0 spiro atoms. The van der Waals surface area contributed by atoms with E-state index in [0.29, 0.717) is 6.61 Å². The molecule has 0 aliphatic carbocycles. The van der Waals surface area contributed by atoms with Crippen molar-refractivity contribution in [3.05, 3.63) is 114 Å². The molecule has 0 aliphatic rings. The van der Waals surface area contributed by atoms with E-state index in [9.17, 15) is 4.79 Å². The quantitative estimate of drug-likeness (QED) is 0.391. The molecule has 0 radical (unpaired) electrons. The number of carbonyl (C=O) groups excluding carboxylic acids is 1. The van der Waals surface area contributed by atoms with Gasteiger partial charge in [0.1, 0.15) is 18.2 Å². The molecule has 1 N–H and O–H groups in total. The van der Waals surface area contributed by atoms with Crippen molar-refractivity contribution in [2.24, 2.45) is 0 Å². The van der Waals surface area contributed by atoms with Gasteiger partial charge in [-0.1, -0.05) is 30.3 Å². The average Bonchev–Trinajstić information content (AvgIpc) is 3.28. The monoisotopic (exact) mass is 438 g/mol. The van der Waals surface area contributed by atoms with Gasteiger partial charge in [-0.15, -0.1) is 0 Å². The fourth-order valence-corrected chi connectivity index (χ4v) is 3.42. The van der Waals surface area contributed by atoms with E-state index >= 15 is 0 Å². The van der Waals surface area contributed by atoms with Gasteiger partial charge < -0.3 is 14.6 Å². The lowest BCUT2D eigenvalue weighted by Gasteiger charge is -2.14. The highest BCUT2D eigenvalue weighted by molar-refractivity contribution is 5.92. The summed E-state index contributed by atoms with van der Waals surface area (Å²) in [6.45, 7) is 4.40. The number of nitrogens with zero attached hydrogens (tertiary/aromatic N) is 3. The van der Waals surface area contributed by atoms with Crippen LogP contribution in [0.5, 0.6) is 5.75 Å². The molecule has 166 valence electrons. The normalized spacial score (nSPS) is 11.9. The van der Waals surface area contributed by atoms with Crippen LogP contribution in [0.4, 0.5) is 0 Å². The van der Waals surface area contributed by atoms with Crippen LogP contribution in [0.1, 0.15) is 35.5 Å². The average molecular weight is 439 g/mol. The third kappa shape index (κ3) is 5.95. The fourth-order valence-electron chi connectivity index (χ4n) is 3.42. The molecule has 0 fully saturated rings. The summed E-state index contributed by atoms with van der Waals surface area (Å²) in [6, 6.07) is 19.5. The number of benzene rings is 2. The Hall–Kier alpha value is -4.19. The van der Waals surface area contributed by atoms with E-state index in [2.05, 4.69) is 15.3 Å². The maximum Gasteiger partial charge on any atom is 0.244 e. The van der Waals surface area contributed by atoms with Crippen molar-refractivity contribution in [1.82, 2.24) is 19.9 Å². The Bertz CT molecular complexity index is 1210. The highest BCUT2D eigenvalue weighted by atomic mass is 16.5. The number of hydrogen-bond acceptors (Lipinski definition) is 4. The lowest BCUT2D eigenvalue weighted by molar-refractivity contribution is -0.117. The van der Waals surface area contributed by atoms with Gasteiger partial charge in [0, 0.05) is 42.1 Å². The molecule has 2 aromatic heterocycles. The number of rotatable bonds is 8. The number of imidazole rings is 1. The Morgan fingerprint density at radius 2 is 1.88 bits per heavy atom. The summed E-state index contributed by atoms with van der Waals surface area (Å²) in [5.74, 6) is 1.56. The number of hydrogen-bond donors (Lipinski definition) is 1. The molecule has 6 heteroatoms. The second kappa shape index (κ2) is 10.4. The molecular formula is C27H26N4O2. The number of pyridine rings is 1. The number of aromatic nitrogens is 3. The largest absolute Gasteiger partial charge is 0.489 e. The summed E-state index contributed by atoms with van der Waals surface area (Å²) < 4.78 is 7.78. The number of nitrogens with one attached hydrogen (secondary N) is 1. The van der Waals surface area contributed by atoms with Gasteiger partial charge in [0.2, 0.25) is 5.91 Å². The lowest BCUT2D eigenvalue weighted by atomic mass is 10.1. The molecule has 0 aliphatic heterocycles. The first-order valence-electron chi connectivity index (χ1n) is 10.8. The van der Waals surface area contributed by atoms with Crippen LogP contribution in [0.15, 0.2) is 91.5 Å². The van der Waals surface area contributed by atoms with E-state index in [1.54, 1.807) is 30.7 Å². The Balaban J connectivity index is 1.29. The molecule has 2 heterocycles. The summed E-state index contributed by atoms with van der Waals surface area (Å²) in [4.78, 5) is 20.7. The first kappa shape index (κ1) is 22.0. The molecular weight excluding hydrogens is 412 g/mol. The van der Waals surface area contributed by atoms with Gasteiger partial charge in [0.15, 0.2) is 0 Å². The molecule has 0 unspecified atom stereocenters. The summed E-state index contributed by atoms with van der Waals surface area (Å²) in [6.07, 6.45) is 10.6. The van der Waals surface area contributed by atoms with Crippen LogP contribution < -0.4 is 10.1 Å². The van der Waals surface area contributed by atoms with Crippen molar-refractivity contribution in [1.29, 1.82) is 0 Å². The minimum atomic E-state index is -0.145. The van der Waals surface area contributed by atoms with Gasteiger partial charge in [-0.25, -0.2) is 4.98 Å². The molecule has 0 saturated heterocycles. The topological polar surface area (TPSA) is 69.0 Å². The summed E-state index contributed by atoms with van der Waals surface area (Å²) in [5, 5.41) is 3.01. The van der Waals surface area contributed by atoms with Crippen molar-refractivity contribution < 1.29 is 9.53 Å². The van der Waals surface area contributed by atoms with Gasteiger partial charge in [0.25, 0.3) is 0 Å². The van der Waals surface area contributed by atoms with Crippen LogP contribution in [-0.2, 0) is 11.4 Å². The van der Waals surface area contributed by atoms with Gasteiger partial charge in [-0.2, -0.15) is 0 Å². The van der Waals surface area contributed by atoms with Crippen LogP contribution in [0.25, 0.3) is 11.8 Å². The van der Waals surface area contributed by atoms with Crippen molar-refractivity contribution in [2.75, 3.05) is 0 Å². The van der Waals surface area contributed by atoms with Crippen molar-refractivity contribution in [3.8, 4) is 11.4 Å². The number of aryl methyl sites for hydroxylation is 1. The first-order chi connectivity index (χ1) is 16.1. The predicted molar refractivity (Wildman–Crippen MR) is 129 cm³/mol. The molecule has 6 nitrogen and oxygen atoms in total. The zero-order valence-electron chi connectivity index (χ0n) is 18.7. The Labute approximate surface area is 193 Å². The minimum Gasteiger partial charge on any atom is -0.489 e. The zero-order valence-corrected chi connectivity index (χ0v) is 18.7. The van der Waals surface area contributed by atoms with Gasteiger partial charge in [-0.05, 0) is 61.4 Å². The third-order valence-corrected chi connectivity index (χ3v) is 5.29. The van der Waals surface area contributed by atoms with Crippen LogP contribution in [-0.4, -0.2) is 20.4 Å². The number of ether oxygens (including phenoxy) is 1. The Morgan fingerprint density at radius 3 is 2.55 bits per heavy atom. The van der Waals surface area contributed by atoms with Crippen LogP contribution >= 0.6 is 0 Å². The summed E-state index contributed by atoms with van der Waals surface area (Å²) in [7, 11) is 0. The fraction of sp³-hybridized carbons (Fsp3) is 0.148. The van der Waals surface area contributed by atoms with E-state index in [4.69, 9.17) is 4.74 Å². The van der Waals surface area contributed by atoms with Crippen LogP contribution in [0.2, 0.25) is 0 Å². The van der Waals surface area contributed by atoms with Gasteiger partial charge >= 0.3 is 0 Å². The van der Waals surface area contributed by atoms with Gasteiger partial charge in [0.05, 0.1) is 6.04 Å². The lowest BCUT2D eigenvalue weighted by Crippen LogP contribution is -2.24. The molecule has 0 saturated carbocycles. The standard InChI is InChI=1S/C27H26N4O2/c1-20(24-8-10-25(11-9-24)31-17-16-29-21(31)2)30-27(32)14-7-22-5-12-26(13-6-22)33-19-23-4-3-15-28-18-23/h3-18,20H,19H2,1-2H3,(H,30,32)/b14-7-/t20-/m1/s1. The molecule has 33 heavy (non-hydrogen) atoms. The van der Waals surface area contributed by atoms with Crippen molar-refractivity contribution in [2.45, 2.75) is 26.5 Å².